The summed E-state index contributed by atoms with van der Waals surface area (Å²) in [5.41, 5.74) is 0.425. The molecule has 1 heterocycles. The van der Waals surface area contributed by atoms with E-state index in [-0.39, 0.29) is 29.8 Å². The van der Waals surface area contributed by atoms with Gasteiger partial charge in [0.15, 0.2) is 0 Å². The summed E-state index contributed by atoms with van der Waals surface area (Å²) >= 11 is 0. The average molecular weight is 260 g/mol. The second-order valence-corrected chi connectivity index (χ2v) is 5.14. The van der Waals surface area contributed by atoms with Crippen LogP contribution in [0.1, 0.15) is 38.4 Å². The lowest BCUT2D eigenvalue weighted by Crippen LogP contribution is -2.40. The molecule has 0 radical (unpaired) electrons. The Morgan fingerprint density at radius 2 is 2.06 bits per heavy atom. The number of halogens is 2. The molecule has 17 heavy (non-hydrogen) atoms. The molecular formula is C13H19ClFNO. The van der Waals surface area contributed by atoms with E-state index in [1.807, 2.05) is 0 Å². The summed E-state index contributed by atoms with van der Waals surface area (Å²) in [5.74, 6) is -0.332. The molecule has 1 aliphatic heterocycles. The fourth-order valence-corrected chi connectivity index (χ4v) is 2.33. The van der Waals surface area contributed by atoms with E-state index in [9.17, 15) is 9.50 Å². The minimum atomic E-state index is -0.761. The maximum atomic E-state index is 13.5. The molecule has 4 heteroatoms. The molecule has 1 aromatic carbocycles. The Balaban J connectivity index is 0.00000144. The Morgan fingerprint density at radius 3 is 2.59 bits per heavy atom. The molecule has 1 saturated heterocycles. The Kier molecular flexibility index (Phi) is 4.53. The molecule has 0 spiro atoms. The van der Waals surface area contributed by atoms with Gasteiger partial charge in [-0.25, -0.2) is 4.39 Å². The van der Waals surface area contributed by atoms with Crippen molar-refractivity contribution >= 4 is 12.4 Å². The normalized spacial score (nSPS) is 24.1. The van der Waals surface area contributed by atoms with Crippen LogP contribution in [0.5, 0.6) is 0 Å². The van der Waals surface area contributed by atoms with Crippen molar-refractivity contribution in [2.24, 2.45) is 0 Å². The van der Waals surface area contributed by atoms with E-state index in [1.54, 1.807) is 18.2 Å². The van der Waals surface area contributed by atoms with Gasteiger partial charge in [0.25, 0.3) is 0 Å². The van der Waals surface area contributed by atoms with Gasteiger partial charge in [0.1, 0.15) is 5.82 Å². The van der Waals surface area contributed by atoms with Crippen molar-refractivity contribution in [1.82, 2.24) is 5.32 Å². The van der Waals surface area contributed by atoms with Gasteiger partial charge in [-0.1, -0.05) is 18.2 Å². The fourth-order valence-electron chi connectivity index (χ4n) is 2.33. The maximum Gasteiger partial charge on any atom is 0.129 e. The highest BCUT2D eigenvalue weighted by Gasteiger charge is 2.35. The largest absolute Gasteiger partial charge is 0.387 e. The van der Waals surface area contributed by atoms with E-state index in [2.05, 4.69) is 19.2 Å². The first-order valence-corrected chi connectivity index (χ1v) is 5.70. The highest BCUT2D eigenvalue weighted by molar-refractivity contribution is 5.85. The lowest BCUT2D eigenvalue weighted by Gasteiger charge is -2.24. The molecule has 2 atom stereocenters. The Hall–Kier alpha value is -0.640. The highest BCUT2D eigenvalue weighted by Crippen LogP contribution is 2.31. The van der Waals surface area contributed by atoms with E-state index in [0.717, 1.165) is 12.8 Å². The maximum absolute atomic E-state index is 13.5. The van der Waals surface area contributed by atoms with Gasteiger partial charge in [0.05, 0.1) is 6.10 Å². The lowest BCUT2D eigenvalue weighted by molar-refractivity contribution is 0.127. The standard InChI is InChI=1S/C13H18FNO.ClH/c1-13(2)8-7-11(15-13)12(16)9-5-3-4-6-10(9)14;/h3-6,11-12,15-16H,7-8H2,1-2H3;1H/t11?,12-;/m0./s1. The molecule has 0 saturated carbocycles. The van der Waals surface area contributed by atoms with Crippen molar-refractivity contribution in [3.05, 3.63) is 35.6 Å². The van der Waals surface area contributed by atoms with Crippen LogP contribution in [0, 0.1) is 5.82 Å². The van der Waals surface area contributed by atoms with Crippen LogP contribution in [0.3, 0.4) is 0 Å². The van der Waals surface area contributed by atoms with E-state index in [1.165, 1.54) is 6.07 Å². The summed E-state index contributed by atoms with van der Waals surface area (Å²) < 4.78 is 13.5. The van der Waals surface area contributed by atoms with Crippen LogP contribution in [0.2, 0.25) is 0 Å². The zero-order valence-electron chi connectivity index (χ0n) is 10.1. The number of hydrogen-bond donors (Lipinski definition) is 2. The number of benzene rings is 1. The molecule has 2 N–H and O–H groups in total. The summed E-state index contributed by atoms with van der Waals surface area (Å²) in [6.45, 7) is 4.20. The average Bonchev–Trinajstić information content (AvgIpc) is 2.59. The molecule has 2 rings (SSSR count). The number of aliphatic hydroxyl groups excluding tert-OH is 1. The molecule has 1 unspecified atom stereocenters. The first kappa shape index (κ1) is 14.4. The highest BCUT2D eigenvalue weighted by atomic mass is 35.5. The van der Waals surface area contributed by atoms with Crippen molar-refractivity contribution in [1.29, 1.82) is 0 Å². The zero-order valence-corrected chi connectivity index (χ0v) is 10.9. The Bertz CT molecular complexity index is 383. The summed E-state index contributed by atoms with van der Waals surface area (Å²) in [4.78, 5) is 0. The smallest absolute Gasteiger partial charge is 0.129 e. The van der Waals surface area contributed by atoms with Gasteiger partial charge in [-0.3, -0.25) is 0 Å². The number of nitrogens with one attached hydrogen (secondary N) is 1. The van der Waals surface area contributed by atoms with Crippen LogP contribution in [0.4, 0.5) is 4.39 Å². The third kappa shape index (κ3) is 3.18. The number of aliphatic hydroxyl groups is 1. The Labute approximate surface area is 108 Å². The molecule has 1 aliphatic rings. The molecule has 1 fully saturated rings. The third-order valence-electron chi connectivity index (χ3n) is 3.26. The van der Waals surface area contributed by atoms with Crippen LogP contribution in [-0.2, 0) is 0 Å². The van der Waals surface area contributed by atoms with Crippen LogP contribution in [0.15, 0.2) is 24.3 Å². The zero-order chi connectivity index (χ0) is 11.8. The van der Waals surface area contributed by atoms with Crippen molar-refractivity contribution < 1.29 is 9.50 Å². The van der Waals surface area contributed by atoms with Gasteiger partial charge in [-0.2, -0.15) is 0 Å². The van der Waals surface area contributed by atoms with E-state index >= 15 is 0 Å². The molecule has 0 amide bonds. The van der Waals surface area contributed by atoms with Gasteiger partial charge >= 0.3 is 0 Å². The fraction of sp³-hybridized carbons (Fsp3) is 0.538. The summed E-state index contributed by atoms with van der Waals surface area (Å²) in [7, 11) is 0. The molecule has 0 aromatic heterocycles. The van der Waals surface area contributed by atoms with Gasteiger partial charge in [-0.15, -0.1) is 12.4 Å². The van der Waals surface area contributed by atoms with Crippen LogP contribution in [0.25, 0.3) is 0 Å². The van der Waals surface area contributed by atoms with E-state index in [4.69, 9.17) is 0 Å². The molecule has 0 aliphatic carbocycles. The van der Waals surface area contributed by atoms with Crippen molar-refractivity contribution in [3.63, 3.8) is 0 Å². The minimum absolute atomic E-state index is 0. The lowest BCUT2D eigenvalue weighted by atomic mass is 10.00. The number of hydrogen-bond acceptors (Lipinski definition) is 2. The SMILES string of the molecule is CC1(C)CCC([C@@H](O)c2ccccc2F)N1.Cl. The van der Waals surface area contributed by atoms with Crippen molar-refractivity contribution in [2.45, 2.75) is 44.4 Å². The molecule has 96 valence electrons. The van der Waals surface area contributed by atoms with Gasteiger partial charge in [0.2, 0.25) is 0 Å². The second-order valence-electron chi connectivity index (χ2n) is 5.14. The van der Waals surface area contributed by atoms with Gasteiger partial charge < -0.3 is 10.4 Å². The third-order valence-corrected chi connectivity index (χ3v) is 3.26. The molecule has 2 nitrogen and oxygen atoms in total. The van der Waals surface area contributed by atoms with E-state index in [0.29, 0.717) is 5.56 Å². The Morgan fingerprint density at radius 1 is 1.41 bits per heavy atom. The first-order valence-electron chi connectivity index (χ1n) is 5.70. The molecule has 0 bridgehead atoms. The first-order chi connectivity index (χ1) is 7.49. The van der Waals surface area contributed by atoms with Crippen molar-refractivity contribution in [3.8, 4) is 0 Å². The van der Waals surface area contributed by atoms with E-state index < -0.39 is 6.10 Å². The summed E-state index contributed by atoms with van der Waals surface area (Å²) in [5, 5.41) is 13.5. The summed E-state index contributed by atoms with van der Waals surface area (Å²) in [6, 6.07) is 6.37. The molecular weight excluding hydrogens is 241 g/mol. The minimum Gasteiger partial charge on any atom is -0.387 e. The predicted octanol–water partition coefficient (Wildman–Crippen LogP) is 2.81. The topological polar surface area (TPSA) is 32.3 Å². The number of rotatable bonds is 2. The van der Waals surface area contributed by atoms with Crippen LogP contribution in [-0.4, -0.2) is 16.7 Å². The monoisotopic (exact) mass is 259 g/mol. The van der Waals surface area contributed by atoms with Crippen molar-refractivity contribution in [2.75, 3.05) is 0 Å². The van der Waals surface area contributed by atoms with Crippen LogP contribution >= 0.6 is 12.4 Å². The van der Waals surface area contributed by atoms with Gasteiger partial charge in [0, 0.05) is 17.1 Å². The van der Waals surface area contributed by atoms with Gasteiger partial charge in [-0.05, 0) is 32.8 Å². The summed E-state index contributed by atoms with van der Waals surface area (Å²) in [6.07, 6.45) is 1.12. The second kappa shape index (κ2) is 5.34. The van der Waals surface area contributed by atoms with Crippen LogP contribution < -0.4 is 5.32 Å². The molecule has 1 aromatic rings. The quantitative estimate of drug-likeness (QED) is 0.856. The predicted molar refractivity (Wildman–Crippen MR) is 68.8 cm³/mol.